The molecule has 0 aromatic heterocycles. The summed E-state index contributed by atoms with van der Waals surface area (Å²) < 4.78 is 5.70. The molecule has 1 aliphatic rings. The van der Waals surface area contributed by atoms with Gasteiger partial charge in [0.1, 0.15) is 5.75 Å². The maximum atomic E-state index is 12.9. The van der Waals surface area contributed by atoms with E-state index in [1.165, 1.54) is 49.7 Å². The monoisotopic (exact) mass is 526 g/mol. The maximum absolute atomic E-state index is 12.9. The molecule has 214 valence electrons. The molecule has 1 aromatic carbocycles. The topological polar surface area (TPSA) is 67.4 Å². The molecule has 2 rings (SSSR count). The summed E-state index contributed by atoms with van der Waals surface area (Å²) in [6, 6.07) is 6.10. The zero-order valence-electron chi connectivity index (χ0n) is 25.0. The van der Waals surface area contributed by atoms with Crippen LogP contribution in [0.15, 0.2) is 29.3 Å². The summed E-state index contributed by atoms with van der Waals surface area (Å²) in [6.45, 7) is 10.2. The molecule has 2 N–H and O–H groups in total. The fourth-order valence-electron chi connectivity index (χ4n) is 5.89. The Hall–Kier alpha value is -2.14. The van der Waals surface area contributed by atoms with Crippen molar-refractivity contribution in [2.75, 3.05) is 20.1 Å². The van der Waals surface area contributed by atoms with Crippen LogP contribution in [-0.4, -0.2) is 32.0 Å². The summed E-state index contributed by atoms with van der Waals surface area (Å²) >= 11 is 0. The van der Waals surface area contributed by atoms with Crippen LogP contribution in [0.4, 0.5) is 0 Å². The minimum atomic E-state index is -0.141. The van der Waals surface area contributed by atoms with Crippen molar-refractivity contribution in [3.8, 4) is 5.75 Å². The second-order valence-electron chi connectivity index (χ2n) is 11.3. The standard InChI is InChI=1S/C33H54N2O3/c1-6-8-9-10-11-12-13-18-31(36)38-28-19-20-30(27(4)25-28)33(7-2,21-23-34-5)22-24-35-32(37)29-17-15-14-16-26(29)3/h19-20,25,34H,6-18,21-24H2,1-5H3,(H,35,37). The molecule has 0 bridgehead atoms. The molecule has 1 amide bonds. The Balaban J connectivity index is 1.99. The van der Waals surface area contributed by atoms with Gasteiger partial charge in [0.2, 0.25) is 5.91 Å². The fraction of sp³-hybridized carbons (Fsp3) is 0.697. The van der Waals surface area contributed by atoms with Gasteiger partial charge in [0.15, 0.2) is 0 Å². The molecule has 0 aliphatic heterocycles. The molecule has 0 saturated heterocycles. The highest BCUT2D eigenvalue weighted by Crippen LogP contribution is 2.38. The number of nitrogens with one attached hydrogen (secondary N) is 2. The quantitative estimate of drug-likeness (QED) is 0.117. The van der Waals surface area contributed by atoms with Crippen molar-refractivity contribution < 1.29 is 14.3 Å². The molecular weight excluding hydrogens is 472 g/mol. The molecule has 38 heavy (non-hydrogen) atoms. The summed E-state index contributed by atoms with van der Waals surface area (Å²) in [7, 11) is 1.99. The number of unbranched alkanes of at least 4 members (excludes halogenated alkanes) is 6. The van der Waals surface area contributed by atoms with Gasteiger partial charge in [0.25, 0.3) is 0 Å². The van der Waals surface area contributed by atoms with E-state index in [-0.39, 0.29) is 17.3 Å². The van der Waals surface area contributed by atoms with Crippen LogP contribution in [0.5, 0.6) is 5.75 Å². The van der Waals surface area contributed by atoms with Gasteiger partial charge in [0.05, 0.1) is 0 Å². The second kappa shape index (κ2) is 17.4. The molecule has 0 spiro atoms. The molecule has 1 aromatic rings. The third kappa shape index (κ3) is 10.2. The number of hydrogen-bond donors (Lipinski definition) is 2. The van der Waals surface area contributed by atoms with Gasteiger partial charge >= 0.3 is 5.97 Å². The van der Waals surface area contributed by atoms with E-state index in [0.717, 1.165) is 69.0 Å². The number of rotatable bonds is 18. The first kappa shape index (κ1) is 32.1. The van der Waals surface area contributed by atoms with E-state index < -0.39 is 0 Å². The van der Waals surface area contributed by atoms with Crippen LogP contribution in [-0.2, 0) is 15.0 Å². The zero-order valence-corrected chi connectivity index (χ0v) is 25.0. The molecule has 1 unspecified atom stereocenters. The van der Waals surface area contributed by atoms with Crippen LogP contribution in [0, 0.1) is 6.92 Å². The Morgan fingerprint density at radius 2 is 1.61 bits per heavy atom. The lowest BCUT2D eigenvalue weighted by atomic mass is 9.71. The second-order valence-corrected chi connectivity index (χ2v) is 11.3. The Morgan fingerprint density at radius 1 is 0.921 bits per heavy atom. The van der Waals surface area contributed by atoms with E-state index >= 15 is 0 Å². The number of esters is 1. The van der Waals surface area contributed by atoms with Crippen LogP contribution in [0.2, 0.25) is 0 Å². The van der Waals surface area contributed by atoms with Gasteiger partial charge in [-0.2, -0.15) is 0 Å². The van der Waals surface area contributed by atoms with Crippen LogP contribution in [0.25, 0.3) is 0 Å². The highest BCUT2D eigenvalue weighted by molar-refractivity contribution is 5.94. The smallest absolute Gasteiger partial charge is 0.311 e. The molecule has 5 heteroatoms. The van der Waals surface area contributed by atoms with E-state index in [0.29, 0.717) is 18.7 Å². The molecule has 1 aliphatic carbocycles. The first-order chi connectivity index (χ1) is 18.4. The normalized spacial score (nSPS) is 15.3. The third-order valence-electron chi connectivity index (χ3n) is 8.42. The lowest BCUT2D eigenvalue weighted by molar-refractivity contribution is -0.134. The molecule has 1 atom stereocenters. The van der Waals surface area contributed by atoms with Gasteiger partial charge in [-0.15, -0.1) is 0 Å². The first-order valence-corrected chi connectivity index (χ1v) is 15.3. The van der Waals surface area contributed by atoms with Gasteiger partial charge in [-0.3, -0.25) is 9.59 Å². The van der Waals surface area contributed by atoms with Crippen LogP contribution >= 0.6 is 0 Å². The van der Waals surface area contributed by atoms with E-state index in [1.54, 1.807) is 0 Å². The lowest BCUT2D eigenvalue weighted by Crippen LogP contribution is -2.36. The molecule has 0 heterocycles. The number of aryl methyl sites for hydroxylation is 1. The Bertz CT molecular complexity index is 908. The maximum Gasteiger partial charge on any atom is 0.311 e. The SMILES string of the molecule is CCCCCCCCCC(=O)Oc1ccc(C(CC)(CCNC)CCNC(=O)C2=C(C)CCCC2)c(C)c1. The zero-order chi connectivity index (χ0) is 27.8. The highest BCUT2D eigenvalue weighted by Gasteiger charge is 2.31. The van der Waals surface area contributed by atoms with Crippen molar-refractivity contribution in [1.82, 2.24) is 10.6 Å². The van der Waals surface area contributed by atoms with Crippen molar-refractivity contribution in [2.45, 2.75) is 129 Å². The third-order valence-corrected chi connectivity index (χ3v) is 8.42. The summed E-state index contributed by atoms with van der Waals surface area (Å²) in [6.07, 6.45) is 15.9. The van der Waals surface area contributed by atoms with Crippen LogP contribution in [0.1, 0.15) is 128 Å². The molecule has 5 nitrogen and oxygen atoms in total. The van der Waals surface area contributed by atoms with Gasteiger partial charge < -0.3 is 15.4 Å². The lowest BCUT2D eigenvalue weighted by Gasteiger charge is -2.35. The Kier molecular flexibility index (Phi) is 14.7. The predicted octanol–water partition coefficient (Wildman–Crippen LogP) is 7.70. The number of carbonyl (C=O) groups excluding carboxylic acids is 2. The fourth-order valence-corrected chi connectivity index (χ4v) is 5.89. The van der Waals surface area contributed by atoms with Gasteiger partial charge in [0, 0.05) is 18.5 Å². The summed E-state index contributed by atoms with van der Waals surface area (Å²) in [5.41, 5.74) is 4.60. The van der Waals surface area contributed by atoms with E-state index in [9.17, 15) is 9.59 Å². The minimum Gasteiger partial charge on any atom is -0.427 e. The predicted molar refractivity (Wildman–Crippen MR) is 159 cm³/mol. The molecule has 0 saturated carbocycles. The van der Waals surface area contributed by atoms with E-state index in [4.69, 9.17) is 4.74 Å². The van der Waals surface area contributed by atoms with Crippen LogP contribution < -0.4 is 15.4 Å². The molecule has 0 fully saturated rings. The molecular formula is C33H54N2O3. The van der Waals surface area contributed by atoms with Gasteiger partial charge in [-0.25, -0.2) is 0 Å². The number of allylic oxidation sites excluding steroid dienone is 1. The van der Waals surface area contributed by atoms with Crippen molar-refractivity contribution in [1.29, 1.82) is 0 Å². The summed E-state index contributed by atoms with van der Waals surface area (Å²) in [5, 5.41) is 6.54. The van der Waals surface area contributed by atoms with Crippen molar-refractivity contribution in [3.05, 3.63) is 40.5 Å². The van der Waals surface area contributed by atoms with Crippen molar-refractivity contribution >= 4 is 11.9 Å². The highest BCUT2D eigenvalue weighted by atomic mass is 16.5. The van der Waals surface area contributed by atoms with Gasteiger partial charge in [-0.1, -0.05) is 64.0 Å². The van der Waals surface area contributed by atoms with Crippen LogP contribution in [0.3, 0.4) is 0 Å². The number of benzene rings is 1. The average molecular weight is 527 g/mol. The van der Waals surface area contributed by atoms with Gasteiger partial charge in [-0.05, 0) is 107 Å². The average Bonchev–Trinajstić information content (AvgIpc) is 2.90. The molecule has 0 radical (unpaired) electrons. The Labute approximate surface area is 232 Å². The Morgan fingerprint density at radius 3 is 2.26 bits per heavy atom. The van der Waals surface area contributed by atoms with E-state index in [2.05, 4.69) is 44.4 Å². The largest absolute Gasteiger partial charge is 0.427 e. The van der Waals surface area contributed by atoms with Crippen molar-refractivity contribution in [2.24, 2.45) is 0 Å². The minimum absolute atomic E-state index is 0.0589. The first-order valence-electron chi connectivity index (χ1n) is 15.3. The number of carbonyl (C=O) groups is 2. The number of ether oxygens (including phenoxy) is 1. The van der Waals surface area contributed by atoms with E-state index in [1.807, 2.05) is 19.2 Å². The summed E-state index contributed by atoms with van der Waals surface area (Å²) in [4.78, 5) is 25.3. The van der Waals surface area contributed by atoms with Crippen molar-refractivity contribution in [3.63, 3.8) is 0 Å². The summed E-state index contributed by atoms with van der Waals surface area (Å²) in [5.74, 6) is 0.601. The number of amides is 1. The number of hydrogen-bond acceptors (Lipinski definition) is 4.